The van der Waals surface area contributed by atoms with Gasteiger partial charge >= 0.3 is 0 Å². The Morgan fingerprint density at radius 1 is 1.22 bits per heavy atom. The van der Waals surface area contributed by atoms with Gasteiger partial charge in [0.15, 0.2) is 5.69 Å². The number of hydrogen-bond donors (Lipinski definition) is 3. The van der Waals surface area contributed by atoms with E-state index >= 15 is 0 Å². The van der Waals surface area contributed by atoms with Crippen molar-refractivity contribution in [3.8, 4) is 5.75 Å². The minimum Gasteiger partial charge on any atom is -0.595 e. The number of quaternary nitrogens is 1. The lowest BCUT2D eigenvalue weighted by molar-refractivity contribution is -0.990. The van der Waals surface area contributed by atoms with Crippen molar-refractivity contribution in [3.63, 3.8) is 0 Å². The van der Waals surface area contributed by atoms with E-state index in [2.05, 4.69) is 15.2 Å². The molecule has 1 unspecified atom stereocenters. The van der Waals surface area contributed by atoms with E-state index in [-0.39, 0.29) is 18.1 Å². The van der Waals surface area contributed by atoms with Crippen LogP contribution >= 0.6 is 12.4 Å². The number of aromatic nitrogens is 1. The Balaban J connectivity index is 0.00000261. The van der Waals surface area contributed by atoms with Gasteiger partial charge in [-0.15, -0.1) is 12.4 Å². The number of anilines is 1. The topological polar surface area (TPSA) is 85.1 Å². The molecule has 0 aliphatic carbocycles. The van der Waals surface area contributed by atoms with Crippen LogP contribution in [0.3, 0.4) is 0 Å². The number of rotatable bonds is 7. The fourth-order valence-corrected chi connectivity index (χ4v) is 3.11. The van der Waals surface area contributed by atoms with E-state index < -0.39 is 5.23 Å². The molecule has 8 heteroatoms. The molecule has 7 nitrogen and oxygen atoms in total. The molecule has 1 atom stereocenters. The molecule has 0 aliphatic rings. The van der Waals surface area contributed by atoms with E-state index in [0.717, 1.165) is 36.1 Å². The van der Waals surface area contributed by atoms with E-state index in [1.54, 1.807) is 19.2 Å². The number of hydrogen-bond acceptors (Lipinski definition) is 6. The molecule has 146 valence electrons. The summed E-state index contributed by atoms with van der Waals surface area (Å²) in [6.07, 6.45) is 0.942. The summed E-state index contributed by atoms with van der Waals surface area (Å²) in [4.78, 5) is 6.79. The first-order valence-electron chi connectivity index (χ1n) is 8.54. The number of benzene rings is 2. The molecule has 0 aliphatic heterocycles. The Labute approximate surface area is 164 Å². The van der Waals surface area contributed by atoms with E-state index in [0.29, 0.717) is 16.7 Å². The Bertz CT molecular complexity index is 918. The van der Waals surface area contributed by atoms with Gasteiger partial charge < -0.3 is 20.2 Å². The van der Waals surface area contributed by atoms with Crippen LogP contribution in [0.5, 0.6) is 5.75 Å². The summed E-state index contributed by atoms with van der Waals surface area (Å²) < 4.78 is 5.43. The smallest absolute Gasteiger partial charge is 0.175 e. The van der Waals surface area contributed by atoms with Crippen LogP contribution < -0.4 is 15.3 Å². The average Bonchev–Trinajstić information content (AvgIpc) is 2.63. The largest absolute Gasteiger partial charge is 0.595 e. The second-order valence-electron chi connectivity index (χ2n) is 6.43. The van der Waals surface area contributed by atoms with E-state index in [4.69, 9.17) is 4.74 Å². The quantitative estimate of drug-likeness (QED) is 0.325. The summed E-state index contributed by atoms with van der Waals surface area (Å²) in [5.74, 6) is 0.562. The van der Waals surface area contributed by atoms with Crippen molar-refractivity contribution >= 4 is 45.6 Å². The zero-order valence-corrected chi connectivity index (χ0v) is 16.5. The molecule has 3 N–H and O–H groups in total. The molecule has 0 fully saturated rings. The Morgan fingerprint density at radius 2 is 1.96 bits per heavy atom. The number of fused-ring (bicyclic) bond motifs is 2. The number of nitrogens with zero attached hydrogens (tertiary/aromatic N) is 2. The highest BCUT2D eigenvalue weighted by Crippen LogP contribution is 2.38. The zero-order chi connectivity index (χ0) is 18.7. The molecule has 0 radical (unpaired) electrons. The summed E-state index contributed by atoms with van der Waals surface area (Å²) in [6, 6.07) is 11.0. The number of pyridine rings is 1. The first kappa shape index (κ1) is 21.1. The van der Waals surface area contributed by atoms with Crippen molar-refractivity contribution in [3.05, 3.63) is 41.6 Å². The molecule has 3 rings (SSSR count). The van der Waals surface area contributed by atoms with Crippen LogP contribution in [0.15, 0.2) is 36.4 Å². The van der Waals surface area contributed by atoms with Crippen molar-refractivity contribution in [1.82, 2.24) is 9.88 Å². The fraction of sp³-hybridized carbons (Fsp3) is 0.316. The van der Waals surface area contributed by atoms with Gasteiger partial charge in [0.1, 0.15) is 11.3 Å². The number of nitrogens with one attached hydrogen (secondary N) is 2. The first-order valence-corrected chi connectivity index (χ1v) is 8.54. The monoisotopic (exact) mass is 392 g/mol. The first-order chi connectivity index (χ1) is 12.5. The maximum atomic E-state index is 11.8. The number of methoxy groups -OCH3 is 1. The number of ether oxygens (including phenoxy) is 1. The molecule has 0 spiro atoms. The molecular weight excluding hydrogens is 368 g/mol. The summed E-state index contributed by atoms with van der Waals surface area (Å²) >= 11 is 0. The fourth-order valence-electron chi connectivity index (χ4n) is 3.11. The minimum atomic E-state index is -0.980. The van der Waals surface area contributed by atoms with Crippen molar-refractivity contribution in [1.29, 1.82) is 0 Å². The molecule has 1 heterocycles. The van der Waals surface area contributed by atoms with Gasteiger partial charge in [-0.25, -0.2) is 10.2 Å². The summed E-state index contributed by atoms with van der Waals surface area (Å²) in [6.45, 7) is 1.68. The predicted octanol–water partition coefficient (Wildman–Crippen LogP) is 2.59. The van der Waals surface area contributed by atoms with Gasteiger partial charge in [0, 0.05) is 18.0 Å². The van der Waals surface area contributed by atoms with Gasteiger partial charge in [-0.3, -0.25) is 0 Å². The summed E-state index contributed by atoms with van der Waals surface area (Å²) in [5, 5.41) is 25.5. The lowest BCUT2D eigenvalue weighted by Crippen LogP contribution is -2.99. The molecule has 27 heavy (non-hydrogen) atoms. The van der Waals surface area contributed by atoms with Crippen LogP contribution in [0, 0.1) is 5.21 Å². The van der Waals surface area contributed by atoms with Gasteiger partial charge in [0.25, 0.3) is 0 Å². The van der Waals surface area contributed by atoms with Gasteiger partial charge in [-0.1, -0.05) is 18.2 Å². The van der Waals surface area contributed by atoms with Crippen molar-refractivity contribution in [2.75, 3.05) is 39.6 Å². The SMILES string of the molecule is COc1ccc([NH+]([O-])O)c2c(NCCCN(C)C)c3ccccc3nc12.Cl. The molecule has 0 saturated carbocycles. The Morgan fingerprint density at radius 3 is 2.63 bits per heavy atom. The van der Waals surface area contributed by atoms with Crippen LogP contribution in [0.4, 0.5) is 11.4 Å². The van der Waals surface area contributed by atoms with Crippen LogP contribution in [-0.2, 0) is 0 Å². The molecule has 3 aromatic rings. The Hall–Kier alpha value is -2.16. The lowest BCUT2D eigenvalue weighted by atomic mass is 10.1. The van der Waals surface area contributed by atoms with Gasteiger partial charge in [0.2, 0.25) is 0 Å². The highest BCUT2D eigenvalue weighted by atomic mass is 35.5. The van der Waals surface area contributed by atoms with Crippen molar-refractivity contribution in [2.45, 2.75) is 6.42 Å². The van der Waals surface area contributed by atoms with Crippen molar-refractivity contribution in [2.24, 2.45) is 0 Å². The molecule has 0 saturated heterocycles. The van der Waals surface area contributed by atoms with E-state index in [9.17, 15) is 10.4 Å². The summed E-state index contributed by atoms with van der Waals surface area (Å²) in [5.41, 5.74) is 2.37. The second kappa shape index (κ2) is 9.16. The minimum absolute atomic E-state index is 0. The maximum absolute atomic E-state index is 11.8. The predicted molar refractivity (Wildman–Crippen MR) is 110 cm³/mol. The molecule has 2 aromatic carbocycles. The van der Waals surface area contributed by atoms with Gasteiger partial charge in [0.05, 0.1) is 23.7 Å². The van der Waals surface area contributed by atoms with Gasteiger partial charge in [-0.2, -0.15) is 5.23 Å². The van der Waals surface area contributed by atoms with Crippen LogP contribution in [0.1, 0.15) is 6.42 Å². The maximum Gasteiger partial charge on any atom is 0.175 e. The number of para-hydroxylation sites is 1. The van der Waals surface area contributed by atoms with Crippen LogP contribution in [0.2, 0.25) is 0 Å². The standard InChI is InChI=1S/C19H24N4O3.ClH/c1-22(2)12-6-11-20-18-13-7-4-5-8-14(13)21-19-16(26-3)10-9-15(17(18)19)23(24)25;/h4-5,7-10,23-24H,6,11-12H2,1-3H3,(H,20,21);1H. The number of halogens is 1. The molecular formula is C19H25ClN4O3. The molecule has 1 aromatic heterocycles. The van der Waals surface area contributed by atoms with Crippen LogP contribution in [0.25, 0.3) is 21.8 Å². The normalized spacial score (nSPS) is 12.2. The third-order valence-electron chi connectivity index (χ3n) is 4.33. The highest BCUT2D eigenvalue weighted by Gasteiger charge is 2.19. The summed E-state index contributed by atoms with van der Waals surface area (Å²) in [7, 11) is 5.63. The Kier molecular flexibility index (Phi) is 7.18. The third kappa shape index (κ3) is 4.40. The van der Waals surface area contributed by atoms with Crippen LogP contribution in [-0.4, -0.2) is 49.4 Å². The third-order valence-corrected chi connectivity index (χ3v) is 4.33. The lowest BCUT2D eigenvalue weighted by Gasteiger charge is -2.20. The second-order valence-corrected chi connectivity index (χ2v) is 6.43. The van der Waals surface area contributed by atoms with Gasteiger partial charge in [-0.05, 0) is 39.2 Å². The van der Waals surface area contributed by atoms with E-state index in [1.807, 2.05) is 38.4 Å². The van der Waals surface area contributed by atoms with E-state index in [1.165, 1.54) is 0 Å². The highest BCUT2D eigenvalue weighted by molar-refractivity contribution is 6.12. The van der Waals surface area contributed by atoms with Crippen molar-refractivity contribution < 1.29 is 15.2 Å². The molecule has 0 bridgehead atoms. The zero-order valence-electron chi connectivity index (χ0n) is 15.7. The average molecular weight is 393 g/mol. The molecule has 0 amide bonds.